The highest BCUT2D eigenvalue weighted by atomic mass is 16.3. The number of nitrogens with one attached hydrogen (secondary N) is 2. The zero-order valence-electron chi connectivity index (χ0n) is 20.8. The third-order valence-corrected chi connectivity index (χ3v) is 5.99. The van der Waals surface area contributed by atoms with Crippen molar-refractivity contribution in [2.24, 2.45) is 0 Å². The minimum Gasteiger partial charge on any atom is -0.393 e. The van der Waals surface area contributed by atoms with Crippen LogP contribution in [0.15, 0.2) is 0 Å². The first-order valence-corrected chi connectivity index (χ1v) is 13.5. The monoisotopic (exact) mass is 442 g/mol. The third-order valence-electron chi connectivity index (χ3n) is 5.99. The molecular formula is C26H54N2O3. The molecule has 0 spiro atoms. The predicted molar refractivity (Wildman–Crippen MR) is 132 cm³/mol. The fourth-order valence-corrected chi connectivity index (χ4v) is 3.90. The van der Waals surface area contributed by atoms with Crippen molar-refractivity contribution in [2.75, 3.05) is 13.1 Å². The van der Waals surface area contributed by atoms with Gasteiger partial charge in [0.2, 0.25) is 5.91 Å². The Morgan fingerprint density at radius 1 is 0.645 bits per heavy atom. The van der Waals surface area contributed by atoms with Crippen LogP contribution in [-0.4, -0.2) is 41.5 Å². The van der Waals surface area contributed by atoms with Crippen LogP contribution in [0.25, 0.3) is 0 Å². The van der Waals surface area contributed by atoms with Crippen LogP contribution in [0.2, 0.25) is 0 Å². The minimum absolute atomic E-state index is 0.0883. The van der Waals surface area contributed by atoms with Gasteiger partial charge in [0.15, 0.2) is 0 Å². The van der Waals surface area contributed by atoms with Gasteiger partial charge in [0.1, 0.15) is 6.23 Å². The van der Waals surface area contributed by atoms with Crippen molar-refractivity contribution < 1.29 is 15.0 Å². The highest BCUT2D eigenvalue weighted by molar-refractivity contribution is 5.75. The molecule has 31 heavy (non-hydrogen) atoms. The van der Waals surface area contributed by atoms with Gasteiger partial charge in [-0.1, -0.05) is 97.3 Å². The van der Waals surface area contributed by atoms with Gasteiger partial charge in [-0.3, -0.25) is 10.1 Å². The van der Waals surface area contributed by atoms with E-state index in [-0.39, 0.29) is 12.0 Å². The van der Waals surface area contributed by atoms with Crippen molar-refractivity contribution in [3.63, 3.8) is 0 Å². The van der Waals surface area contributed by atoms with E-state index in [0.29, 0.717) is 19.5 Å². The van der Waals surface area contributed by atoms with E-state index < -0.39 is 6.23 Å². The molecule has 0 aliphatic carbocycles. The summed E-state index contributed by atoms with van der Waals surface area (Å²) in [4.78, 5) is 11.8. The highest BCUT2D eigenvalue weighted by Gasteiger charge is 2.05. The number of carbonyl (C=O) groups is 1. The maximum absolute atomic E-state index is 11.8. The van der Waals surface area contributed by atoms with E-state index in [4.69, 9.17) is 0 Å². The fraction of sp³-hybridized carbons (Fsp3) is 0.962. The van der Waals surface area contributed by atoms with Gasteiger partial charge in [-0.05, 0) is 32.1 Å². The zero-order valence-corrected chi connectivity index (χ0v) is 20.8. The Labute approximate surface area is 193 Å². The molecule has 0 fully saturated rings. The van der Waals surface area contributed by atoms with E-state index in [1.54, 1.807) is 0 Å². The highest BCUT2D eigenvalue weighted by Crippen LogP contribution is 2.14. The molecular weight excluding hydrogens is 388 g/mol. The second-order valence-electron chi connectivity index (χ2n) is 9.19. The molecule has 2 atom stereocenters. The van der Waals surface area contributed by atoms with Gasteiger partial charge in [-0.25, -0.2) is 0 Å². The van der Waals surface area contributed by atoms with Gasteiger partial charge in [-0.15, -0.1) is 0 Å². The summed E-state index contributed by atoms with van der Waals surface area (Å²) in [5.41, 5.74) is 0. The Kier molecular flexibility index (Phi) is 23.5. The zero-order chi connectivity index (χ0) is 23.0. The summed E-state index contributed by atoms with van der Waals surface area (Å²) in [6.07, 6.45) is 20.6. The van der Waals surface area contributed by atoms with Gasteiger partial charge in [0.25, 0.3) is 0 Å². The SMILES string of the molecule is CCCCCCC(O)CCCCCCCCCCC(=O)NCCNC(O)CCCCC. The molecule has 0 aliphatic heterocycles. The lowest BCUT2D eigenvalue weighted by atomic mass is 10.0. The first-order valence-electron chi connectivity index (χ1n) is 13.5. The molecule has 5 heteroatoms. The van der Waals surface area contributed by atoms with Crippen LogP contribution in [0.3, 0.4) is 0 Å². The summed E-state index contributed by atoms with van der Waals surface area (Å²) in [6, 6.07) is 0. The van der Waals surface area contributed by atoms with Crippen molar-refractivity contribution in [2.45, 2.75) is 148 Å². The van der Waals surface area contributed by atoms with Gasteiger partial charge in [0, 0.05) is 19.5 Å². The molecule has 2 unspecified atom stereocenters. The number of carbonyl (C=O) groups excluding carboxylic acids is 1. The Bertz CT molecular complexity index is 380. The maximum atomic E-state index is 11.8. The van der Waals surface area contributed by atoms with Gasteiger partial charge < -0.3 is 15.5 Å². The van der Waals surface area contributed by atoms with Crippen LogP contribution in [0, 0.1) is 0 Å². The summed E-state index contributed by atoms with van der Waals surface area (Å²) < 4.78 is 0. The molecule has 0 aromatic carbocycles. The van der Waals surface area contributed by atoms with Crippen molar-refractivity contribution in [3.05, 3.63) is 0 Å². The van der Waals surface area contributed by atoms with E-state index in [1.165, 1.54) is 57.8 Å². The van der Waals surface area contributed by atoms with Crippen molar-refractivity contribution in [1.29, 1.82) is 0 Å². The second kappa shape index (κ2) is 24.0. The molecule has 1 amide bonds. The molecule has 0 bridgehead atoms. The van der Waals surface area contributed by atoms with Crippen LogP contribution >= 0.6 is 0 Å². The fourth-order valence-electron chi connectivity index (χ4n) is 3.90. The molecule has 0 aromatic rings. The molecule has 0 radical (unpaired) electrons. The molecule has 5 nitrogen and oxygen atoms in total. The van der Waals surface area contributed by atoms with E-state index in [9.17, 15) is 15.0 Å². The number of amides is 1. The number of hydrogen-bond donors (Lipinski definition) is 4. The number of aliphatic hydroxyl groups excluding tert-OH is 2. The lowest BCUT2D eigenvalue weighted by Crippen LogP contribution is -2.36. The molecule has 186 valence electrons. The van der Waals surface area contributed by atoms with Crippen LogP contribution in [-0.2, 0) is 4.79 Å². The summed E-state index contributed by atoms with van der Waals surface area (Å²) in [5, 5.41) is 25.7. The summed E-state index contributed by atoms with van der Waals surface area (Å²) in [5.74, 6) is 0.121. The van der Waals surface area contributed by atoms with Crippen LogP contribution in [0.4, 0.5) is 0 Å². The largest absolute Gasteiger partial charge is 0.393 e. The smallest absolute Gasteiger partial charge is 0.220 e. The number of aliphatic hydroxyl groups is 2. The molecule has 0 heterocycles. The second-order valence-corrected chi connectivity index (χ2v) is 9.19. The molecule has 0 aromatic heterocycles. The Morgan fingerprint density at radius 3 is 1.74 bits per heavy atom. The van der Waals surface area contributed by atoms with Crippen molar-refractivity contribution >= 4 is 5.91 Å². The van der Waals surface area contributed by atoms with E-state index in [1.807, 2.05) is 0 Å². The number of unbranched alkanes of at least 4 members (excludes halogenated alkanes) is 12. The average molecular weight is 443 g/mol. The van der Waals surface area contributed by atoms with E-state index >= 15 is 0 Å². The number of rotatable bonds is 24. The van der Waals surface area contributed by atoms with Crippen LogP contribution < -0.4 is 10.6 Å². The third kappa shape index (κ3) is 23.8. The van der Waals surface area contributed by atoms with Crippen molar-refractivity contribution in [3.8, 4) is 0 Å². The minimum atomic E-state index is -0.455. The molecule has 0 saturated carbocycles. The first kappa shape index (κ1) is 30.4. The lowest BCUT2D eigenvalue weighted by Gasteiger charge is -2.12. The van der Waals surface area contributed by atoms with Gasteiger partial charge in [0.05, 0.1) is 6.10 Å². The van der Waals surface area contributed by atoms with E-state index in [0.717, 1.165) is 57.8 Å². The topological polar surface area (TPSA) is 81.6 Å². The summed E-state index contributed by atoms with van der Waals surface area (Å²) >= 11 is 0. The summed E-state index contributed by atoms with van der Waals surface area (Å²) in [6.45, 7) is 5.57. The predicted octanol–water partition coefficient (Wildman–Crippen LogP) is 5.82. The Morgan fingerprint density at radius 2 is 1.13 bits per heavy atom. The quantitative estimate of drug-likeness (QED) is 0.112. The Balaban J connectivity index is 3.30. The van der Waals surface area contributed by atoms with E-state index in [2.05, 4.69) is 24.5 Å². The Hall–Kier alpha value is -0.650. The average Bonchev–Trinajstić information content (AvgIpc) is 2.75. The summed E-state index contributed by atoms with van der Waals surface area (Å²) in [7, 11) is 0. The van der Waals surface area contributed by atoms with Gasteiger partial charge in [-0.2, -0.15) is 0 Å². The number of hydrogen-bond acceptors (Lipinski definition) is 4. The van der Waals surface area contributed by atoms with Crippen molar-refractivity contribution in [1.82, 2.24) is 10.6 Å². The molecule has 0 aliphatic rings. The lowest BCUT2D eigenvalue weighted by molar-refractivity contribution is -0.121. The molecule has 4 N–H and O–H groups in total. The molecule has 0 rings (SSSR count). The molecule has 0 saturated heterocycles. The normalized spacial score (nSPS) is 13.3. The van der Waals surface area contributed by atoms with Crippen LogP contribution in [0.1, 0.15) is 136 Å². The van der Waals surface area contributed by atoms with Crippen LogP contribution in [0.5, 0.6) is 0 Å². The van der Waals surface area contributed by atoms with Gasteiger partial charge >= 0.3 is 0 Å². The maximum Gasteiger partial charge on any atom is 0.220 e. The standard InChI is InChI=1S/C26H54N2O3/c1-3-5-7-15-18-24(29)19-16-12-10-8-9-11-13-17-21-26(31)28-23-22-27-25(30)20-14-6-4-2/h24-25,27,29-30H,3-23H2,1-2H3,(H,28,31). The first-order chi connectivity index (χ1) is 15.1.